The fraction of sp³-hybridized carbons (Fsp3) is 0. The fourth-order valence-corrected chi connectivity index (χ4v) is 3.04. The molecule has 1 N–H and O–H groups in total. The number of anilines is 1. The van der Waals surface area contributed by atoms with E-state index in [-0.39, 0.29) is 15.7 Å². The number of nitro benzene ring substituents is 1. The molecule has 94 valence electrons. The number of rotatable bonds is 4. The summed E-state index contributed by atoms with van der Waals surface area (Å²) in [6, 6.07) is 4.82. The summed E-state index contributed by atoms with van der Waals surface area (Å²) >= 11 is 1.12. The molecule has 1 aromatic carbocycles. The van der Waals surface area contributed by atoms with Crippen LogP contribution in [0, 0.1) is 10.1 Å². The second kappa shape index (κ2) is 4.70. The van der Waals surface area contributed by atoms with Gasteiger partial charge in [0.25, 0.3) is 15.7 Å². The fourth-order valence-electron chi connectivity index (χ4n) is 1.21. The van der Waals surface area contributed by atoms with Crippen LogP contribution in [0.15, 0.2) is 40.7 Å². The number of nitrogens with one attached hydrogen (secondary N) is 1. The quantitative estimate of drug-likeness (QED) is 0.682. The van der Waals surface area contributed by atoms with Gasteiger partial charge in [0, 0.05) is 23.7 Å². The highest BCUT2D eigenvalue weighted by atomic mass is 32.2. The Balaban J connectivity index is 2.35. The minimum Gasteiger partial charge on any atom is -0.258 e. The number of hydrogen-bond donors (Lipinski definition) is 1. The Morgan fingerprint density at radius 3 is 2.78 bits per heavy atom. The molecule has 2 rings (SSSR count). The monoisotopic (exact) mass is 285 g/mol. The number of hydrogen-bond acceptors (Lipinski definition) is 6. The van der Waals surface area contributed by atoms with Crippen molar-refractivity contribution in [2.75, 3.05) is 4.72 Å². The van der Waals surface area contributed by atoms with Gasteiger partial charge >= 0.3 is 0 Å². The molecule has 0 radical (unpaired) electrons. The number of aromatic nitrogens is 1. The molecule has 9 heteroatoms. The second-order valence-electron chi connectivity index (χ2n) is 3.20. The first kappa shape index (κ1) is 12.5. The topological polar surface area (TPSA) is 102 Å². The van der Waals surface area contributed by atoms with E-state index in [2.05, 4.69) is 9.71 Å². The molecule has 0 aliphatic rings. The first-order chi connectivity index (χ1) is 8.49. The van der Waals surface area contributed by atoms with Crippen molar-refractivity contribution in [1.29, 1.82) is 0 Å². The van der Waals surface area contributed by atoms with Crippen molar-refractivity contribution in [2.45, 2.75) is 4.90 Å². The van der Waals surface area contributed by atoms with E-state index in [0.29, 0.717) is 0 Å². The number of nitrogens with zero attached hydrogens (tertiary/aromatic N) is 2. The molecular formula is C9H7N3O4S2. The van der Waals surface area contributed by atoms with E-state index < -0.39 is 14.9 Å². The van der Waals surface area contributed by atoms with Crippen molar-refractivity contribution >= 4 is 32.2 Å². The molecule has 0 bridgehead atoms. The van der Waals surface area contributed by atoms with Crippen LogP contribution in [0.2, 0.25) is 0 Å². The average Bonchev–Trinajstić information content (AvgIpc) is 2.81. The van der Waals surface area contributed by atoms with Crippen LogP contribution in [0.4, 0.5) is 10.8 Å². The molecule has 1 heterocycles. The van der Waals surface area contributed by atoms with E-state index in [4.69, 9.17) is 0 Å². The number of non-ortho nitro benzene ring substituents is 1. The Hall–Kier alpha value is -2.00. The molecule has 7 nitrogen and oxygen atoms in total. The highest BCUT2D eigenvalue weighted by Gasteiger charge is 2.18. The van der Waals surface area contributed by atoms with Crippen molar-refractivity contribution in [3.05, 3.63) is 46.0 Å². The third-order valence-electron chi connectivity index (χ3n) is 1.99. The van der Waals surface area contributed by atoms with E-state index in [1.54, 1.807) is 5.38 Å². The molecule has 0 aliphatic heterocycles. The van der Waals surface area contributed by atoms with Crippen molar-refractivity contribution in [3.8, 4) is 0 Å². The summed E-state index contributed by atoms with van der Waals surface area (Å²) in [6.07, 6.45) is 1.45. The minimum atomic E-state index is -3.85. The van der Waals surface area contributed by atoms with Gasteiger partial charge in [-0.1, -0.05) is 6.07 Å². The van der Waals surface area contributed by atoms with Gasteiger partial charge in [-0.3, -0.25) is 14.8 Å². The summed E-state index contributed by atoms with van der Waals surface area (Å²) in [5.41, 5.74) is -0.281. The molecule has 0 amide bonds. The largest absolute Gasteiger partial charge is 0.270 e. The Kier molecular flexibility index (Phi) is 3.26. The van der Waals surface area contributed by atoms with Gasteiger partial charge in [-0.05, 0) is 6.07 Å². The summed E-state index contributed by atoms with van der Waals surface area (Å²) in [6.45, 7) is 0. The van der Waals surface area contributed by atoms with Crippen LogP contribution in [0.1, 0.15) is 0 Å². The predicted molar refractivity (Wildman–Crippen MR) is 66.0 cm³/mol. The van der Waals surface area contributed by atoms with Gasteiger partial charge in [0.05, 0.1) is 9.82 Å². The SMILES string of the molecule is O=[N+]([O-])c1cccc(S(=O)(=O)Nc2nccs2)c1. The lowest BCUT2D eigenvalue weighted by atomic mass is 10.3. The molecule has 0 saturated heterocycles. The molecule has 0 aliphatic carbocycles. The molecule has 0 spiro atoms. The Labute approximate surface area is 106 Å². The van der Waals surface area contributed by atoms with Crippen LogP contribution in [0.5, 0.6) is 0 Å². The van der Waals surface area contributed by atoms with Crippen LogP contribution in [0.3, 0.4) is 0 Å². The zero-order valence-corrected chi connectivity index (χ0v) is 10.4. The Morgan fingerprint density at radius 1 is 1.39 bits per heavy atom. The Morgan fingerprint density at radius 2 is 2.17 bits per heavy atom. The lowest BCUT2D eigenvalue weighted by molar-refractivity contribution is -0.385. The van der Waals surface area contributed by atoms with Crippen LogP contribution in [0.25, 0.3) is 0 Å². The van der Waals surface area contributed by atoms with Gasteiger partial charge in [0.1, 0.15) is 0 Å². The summed E-state index contributed by atoms with van der Waals surface area (Å²) in [5, 5.41) is 12.4. The smallest absolute Gasteiger partial charge is 0.258 e. The van der Waals surface area contributed by atoms with Gasteiger partial charge in [0.15, 0.2) is 5.13 Å². The molecule has 18 heavy (non-hydrogen) atoms. The highest BCUT2D eigenvalue weighted by molar-refractivity contribution is 7.93. The normalized spacial score (nSPS) is 11.1. The summed E-state index contributed by atoms with van der Waals surface area (Å²) < 4.78 is 26.1. The van der Waals surface area contributed by atoms with E-state index in [0.717, 1.165) is 17.4 Å². The third kappa shape index (κ3) is 2.63. The maximum absolute atomic E-state index is 11.9. The van der Waals surface area contributed by atoms with Crippen LogP contribution < -0.4 is 4.72 Å². The van der Waals surface area contributed by atoms with Crippen LogP contribution in [-0.2, 0) is 10.0 Å². The molecule has 0 fully saturated rings. The van der Waals surface area contributed by atoms with Crippen molar-refractivity contribution < 1.29 is 13.3 Å². The molecule has 0 saturated carbocycles. The summed E-state index contributed by atoms with van der Waals surface area (Å²) in [4.78, 5) is 13.5. The molecular weight excluding hydrogens is 278 g/mol. The molecule has 2 aromatic rings. The van der Waals surface area contributed by atoms with E-state index in [1.165, 1.54) is 24.4 Å². The van der Waals surface area contributed by atoms with Gasteiger partial charge in [-0.25, -0.2) is 13.4 Å². The number of nitro groups is 1. The van der Waals surface area contributed by atoms with Crippen LogP contribution >= 0.6 is 11.3 Å². The first-order valence-corrected chi connectivity index (χ1v) is 7.02. The predicted octanol–water partition coefficient (Wildman–Crippen LogP) is 1.85. The zero-order valence-electron chi connectivity index (χ0n) is 8.81. The molecule has 0 atom stereocenters. The van der Waals surface area contributed by atoms with E-state index in [1.807, 2.05) is 0 Å². The number of benzene rings is 1. The average molecular weight is 285 g/mol. The standard InChI is InChI=1S/C9H7N3O4S2/c13-12(14)7-2-1-3-8(6-7)18(15,16)11-9-10-4-5-17-9/h1-6H,(H,10,11). The Bertz CT molecular complexity index is 667. The van der Waals surface area contributed by atoms with Gasteiger partial charge < -0.3 is 0 Å². The highest BCUT2D eigenvalue weighted by Crippen LogP contribution is 2.21. The van der Waals surface area contributed by atoms with E-state index >= 15 is 0 Å². The third-order valence-corrected chi connectivity index (χ3v) is 4.15. The molecule has 0 unspecified atom stereocenters. The maximum Gasteiger partial charge on any atom is 0.270 e. The summed E-state index contributed by atoms with van der Waals surface area (Å²) in [7, 11) is -3.85. The maximum atomic E-state index is 11.9. The van der Waals surface area contributed by atoms with E-state index in [9.17, 15) is 18.5 Å². The van der Waals surface area contributed by atoms with Crippen molar-refractivity contribution in [2.24, 2.45) is 0 Å². The first-order valence-electron chi connectivity index (χ1n) is 4.66. The van der Waals surface area contributed by atoms with Gasteiger partial charge in [-0.2, -0.15) is 0 Å². The number of sulfonamides is 1. The zero-order chi connectivity index (χ0) is 13.2. The lowest BCUT2D eigenvalue weighted by Gasteiger charge is -2.04. The van der Waals surface area contributed by atoms with Gasteiger partial charge in [0.2, 0.25) is 0 Å². The minimum absolute atomic E-state index is 0.174. The van der Waals surface area contributed by atoms with Crippen LogP contribution in [-0.4, -0.2) is 18.3 Å². The second-order valence-corrected chi connectivity index (χ2v) is 5.77. The van der Waals surface area contributed by atoms with Crippen molar-refractivity contribution in [3.63, 3.8) is 0 Å². The number of thiazole rings is 1. The van der Waals surface area contributed by atoms with Gasteiger partial charge in [-0.15, -0.1) is 11.3 Å². The lowest BCUT2D eigenvalue weighted by Crippen LogP contribution is -2.12. The van der Waals surface area contributed by atoms with Crippen molar-refractivity contribution in [1.82, 2.24) is 4.98 Å². The molecule has 1 aromatic heterocycles. The summed E-state index contributed by atoms with van der Waals surface area (Å²) in [5.74, 6) is 0.